The molecule has 0 saturated carbocycles. The highest BCUT2D eigenvalue weighted by Gasteiger charge is 2.01. The van der Waals surface area contributed by atoms with E-state index in [4.69, 9.17) is 4.74 Å². The van der Waals surface area contributed by atoms with Crippen LogP contribution in [0.1, 0.15) is 13.8 Å². The van der Waals surface area contributed by atoms with Crippen LogP contribution >= 0.6 is 0 Å². The van der Waals surface area contributed by atoms with Gasteiger partial charge in [-0.1, -0.05) is 5.57 Å². The zero-order valence-electron chi connectivity index (χ0n) is 5.14. The lowest BCUT2D eigenvalue weighted by atomic mass is 10.3. The first-order chi connectivity index (χ1) is 3.80. The van der Waals surface area contributed by atoms with E-state index in [0.717, 1.165) is 5.70 Å². The molecule has 0 radical (unpaired) electrons. The van der Waals surface area contributed by atoms with Gasteiger partial charge < -0.3 is 4.74 Å². The van der Waals surface area contributed by atoms with Crippen LogP contribution in [0.3, 0.4) is 0 Å². The lowest BCUT2D eigenvalue weighted by molar-refractivity contribution is 0.377. The van der Waals surface area contributed by atoms with E-state index in [1.54, 1.807) is 0 Å². The molecule has 0 unspecified atom stereocenters. The summed E-state index contributed by atoms with van der Waals surface area (Å²) in [5, 5.41) is 0. The van der Waals surface area contributed by atoms with Gasteiger partial charge in [0.2, 0.25) is 0 Å². The zero-order chi connectivity index (χ0) is 5.98. The number of aliphatic imine (C=N–C) groups is 1. The Hall–Kier alpha value is -0.790. The molecule has 0 aromatic heterocycles. The Bertz CT molecular complexity index is 143. The highest BCUT2D eigenvalue weighted by atomic mass is 16.5. The van der Waals surface area contributed by atoms with Crippen molar-refractivity contribution in [2.45, 2.75) is 13.8 Å². The van der Waals surface area contributed by atoms with Crippen molar-refractivity contribution in [1.29, 1.82) is 0 Å². The van der Waals surface area contributed by atoms with Crippen LogP contribution in [0.15, 0.2) is 16.3 Å². The Morgan fingerprint density at radius 3 is 2.75 bits per heavy atom. The molecule has 0 fully saturated rings. The largest absolute Gasteiger partial charge is 0.477 e. The van der Waals surface area contributed by atoms with Crippen LogP contribution in [0, 0.1) is 0 Å². The Morgan fingerprint density at radius 2 is 2.50 bits per heavy atom. The molecule has 0 amide bonds. The van der Waals surface area contributed by atoms with Crippen molar-refractivity contribution in [3.63, 3.8) is 0 Å². The third kappa shape index (κ3) is 0.886. The molecule has 8 heavy (non-hydrogen) atoms. The highest BCUT2D eigenvalue weighted by molar-refractivity contribution is 5.52. The lowest BCUT2D eigenvalue weighted by Gasteiger charge is -1.91. The first kappa shape index (κ1) is 5.35. The fourth-order valence-corrected chi connectivity index (χ4v) is 0.528. The summed E-state index contributed by atoms with van der Waals surface area (Å²) in [5.74, 6) is 0. The van der Waals surface area contributed by atoms with Crippen LogP contribution in [0.5, 0.6) is 0 Å². The third-order valence-corrected chi connectivity index (χ3v) is 1.08. The Labute approximate surface area is 48.9 Å². The van der Waals surface area contributed by atoms with Crippen molar-refractivity contribution in [2.24, 2.45) is 4.99 Å². The molecular weight excluding hydrogens is 102 g/mol. The summed E-state index contributed by atoms with van der Waals surface area (Å²) >= 11 is 0. The van der Waals surface area contributed by atoms with Crippen molar-refractivity contribution in [3.05, 3.63) is 11.3 Å². The minimum absolute atomic E-state index is 0.655. The van der Waals surface area contributed by atoms with Crippen molar-refractivity contribution in [1.82, 2.24) is 0 Å². The number of rotatable bonds is 0. The van der Waals surface area contributed by atoms with Gasteiger partial charge in [0.05, 0.1) is 5.70 Å². The third-order valence-electron chi connectivity index (χ3n) is 1.08. The fraction of sp³-hybridized carbons (Fsp3) is 0.500. The Kier molecular flexibility index (Phi) is 1.33. The zero-order valence-corrected chi connectivity index (χ0v) is 5.14. The van der Waals surface area contributed by atoms with Crippen molar-refractivity contribution < 1.29 is 4.74 Å². The molecule has 2 heteroatoms. The number of hydrogen-bond acceptors (Lipinski definition) is 2. The second kappa shape index (κ2) is 1.99. The number of hydrogen-bond donors (Lipinski definition) is 0. The van der Waals surface area contributed by atoms with Gasteiger partial charge in [-0.2, -0.15) is 0 Å². The van der Waals surface area contributed by atoms with Gasteiger partial charge in [-0.15, -0.1) is 0 Å². The summed E-state index contributed by atoms with van der Waals surface area (Å²) < 4.78 is 4.87. The van der Waals surface area contributed by atoms with Crippen molar-refractivity contribution in [3.8, 4) is 0 Å². The van der Waals surface area contributed by atoms with E-state index >= 15 is 0 Å². The molecule has 0 aliphatic carbocycles. The second-order valence-electron chi connectivity index (χ2n) is 1.99. The molecule has 0 bridgehead atoms. The van der Waals surface area contributed by atoms with Gasteiger partial charge in [0, 0.05) is 0 Å². The summed E-state index contributed by atoms with van der Waals surface area (Å²) in [6.07, 6.45) is 1.49. The molecule has 1 aliphatic rings. The molecule has 44 valence electrons. The van der Waals surface area contributed by atoms with Gasteiger partial charge in [-0.25, -0.2) is 4.99 Å². The van der Waals surface area contributed by atoms with E-state index < -0.39 is 0 Å². The second-order valence-corrected chi connectivity index (χ2v) is 1.99. The summed E-state index contributed by atoms with van der Waals surface area (Å²) in [6.45, 7) is 4.71. The molecule has 0 spiro atoms. The maximum Gasteiger partial charge on any atom is 0.174 e. The maximum atomic E-state index is 4.87. The lowest BCUT2D eigenvalue weighted by Crippen LogP contribution is -1.84. The molecule has 0 N–H and O–H groups in total. The van der Waals surface area contributed by atoms with Gasteiger partial charge in [0.15, 0.2) is 6.40 Å². The highest BCUT2D eigenvalue weighted by Crippen LogP contribution is 2.08. The quantitative estimate of drug-likeness (QED) is 0.462. The maximum absolute atomic E-state index is 4.87. The Morgan fingerprint density at radius 1 is 1.75 bits per heavy atom. The molecule has 0 aromatic rings. The standard InChI is InChI=1S/C6H9NO/c1-5(2)6-3-8-4-7-6/h4H,3H2,1-2H3. The van der Waals surface area contributed by atoms with Crippen LogP contribution in [-0.4, -0.2) is 13.0 Å². The van der Waals surface area contributed by atoms with Gasteiger partial charge in [-0.05, 0) is 13.8 Å². The van der Waals surface area contributed by atoms with Crippen molar-refractivity contribution >= 4 is 6.40 Å². The average molecular weight is 111 g/mol. The molecule has 1 heterocycles. The summed E-state index contributed by atoms with van der Waals surface area (Å²) in [7, 11) is 0. The summed E-state index contributed by atoms with van der Waals surface area (Å²) in [4.78, 5) is 3.97. The first-order valence-corrected chi connectivity index (χ1v) is 2.61. The molecule has 0 atom stereocenters. The van der Waals surface area contributed by atoms with E-state index in [1.807, 2.05) is 13.8 Å². The molecule has 0 aromatic carbocycles. The first-order valence-electron chi connectivity index (χ1n) is 2.61. The minimum Gasteiger partial charge on any atom is -0.477 e. The predicted molar refractivity (Wildman–Crippen MR) is 32.8 cm³/mol. The topological polar surface area (TPSA) is 21.6 Å². The van der Waals surface area contributed by atoms with Crippen LogP contribution in [0.2, 0.25) is 0 Å². The molecule has 1 aliphatic heterocycles. The SMILES string of the molecule is CC(C)=C1COC=N1. The van der Waals surface area contributed by atoms with E-state index in [9.17, 15) is 0 Å². The molecule has 1 rings (SSSR count). The smallest absolute Gasteiger partial charge is 0.174 e. The fourth-order valence-electron chi connectivity index (χ4n) is 0.528. The molecule has 2 nitrogen and oxygen atoms in total. The number of nitrogens with zero attached hydrogens (tertiary/aromatic N) is 1. The predicted octanol–water partition coefficient (Wildman–Crippen LogP) is 1.34. The number of ether oxygens (including phenoxy) is 1. The molecular formula is C6H9NO. The van der Waals surface area contributed by atoms with Gasteiger partial charge >= 0.3 is 0 Å². The van der Waals surface area contributed by atoms with Gasteiger partial charge in [0.1, 0.15) is 6.61 Å². The normalized spacial score (nSPS) is 16.5. The number of allylic oxidation sites excluding steroid dienone is 1. The Balaban J connectivity index is 2.73. The van der Waals surface area contributed by atoms with Gasteiger partial charge in [-0.3, -0.25) is 0 Å². The van der Waals surface area contributed by atoms with Gasteiger partial charge in [0.25, 0.3) is 0 Å². The van der Waals surface area contributed by atoms with E-state index in [0.29, 0.717) is 6.61 Å². The van der Waals surface area contributed by atoms with E-state index in [2.05, 4.69) is 4.99 Å². The van der Waals surface area contributed by atoms with Crippen LogP contribution < -0.4 is 0 Å². The van der Waals surface area contributed by atoms with Crippen LogP contribution in [0.25, 0.3) is 0 Å². The van der Waals surface area contributed by atoms with E-state index in [1.165, 1.54) is 12.0 Å². The van der Waals surface area contributed by atoms with Crippen LogP contribution in [-0.2, 0) is 4.74 Å². The minimum atomic E-state index is 0.655. The monoisotopic (exact) mass is 111 g/mol. The molecule has 0 saturated heterocycles. The van der Waals surface area contributed by atoms with E-state index in [-0.39, 0.29) is 0 Å². The summed E-state index contributed by atoms with van der Waals surface area (Å²) in [6, 6.07) is 0. The van der Waals surface area contributed by atoms with Crippen molar-refractivity contribution in [2.75, 3.05) is 6.61 Å². The summed E-state index contributed by atoms with van der Waals surface area (Å²) in [5.41, 5.74) is 2.30. The van der Waals surface area contributed by atoms with Crippen LogP contribution in [0.4, 0.5) is 0 Å². The average Bonchev–Trinajstić information content (AvgIpc) is 2.12.